The molecular weight excluding hydrogens is 302 g/mol. The minimum atomic E-state index is -0.0337. The number of carbonyl (C=O) groups is 1. The molecule has 2 saturated heterocycles. The van der Waals surface area contributed by atoms with E-state index in [0.717, 1.165) is 39.2 Å². The number of rotatable bonds is 3. The summed E-state index contributed by atoms with van der Waals surface area (Å²) in [6.45, 7) is 5.28. The van der Waals surface area contributed by atoms with Crippen LogP contribution in [0.1, 0.15) is 29.8 Å². The van der Waals surface area contributed by atoms with Crippen LogP contribution in [0.5, 0.6) is 0 Å². The summed E-state index contributed by atoms with van der Waals surface area (Å²) >= 11 is 5.83. The summed E-state index contributed by atoms with van der Waals surface area (Å²) in [7, 11) is 0. The van der Waals surface area contributed by atoms with Crippen molar-refractivity contribution < 1.29 is 9.53 Å². The fourth-order valence-corrected chi connectivity index (χ4v) is 3.22. The summed E-state index contributed by atoms with van der Waals surface area (Å²) in [6.07, 6.45) is 5.02. The van der Waals surface area contributed by atoms with Crippen LogP contribution in [0, 0.1) is 0 Å². The summed E-state index contributed by atoms with van der Waals surface area (Å²) in [5, 5.41) is 0.544. The lowest BCUT2D eigenvalue weighted by Gasteiger charge is -2.26. The molecule has 3 heterocycles. The van der Waals surface area contributed by atoms with Crippen LogP contribution in [0.25, 0.3) is 0 Å². The molecule has 5 nitrogen and oxygen atoms in total. The van der Waals surface area contributed by atoms with Gasteiger partial charge < -0.3 is 14.5 Å². The standard InChI is InChI=1S/C16H22ClN3O2/c17-13-4-5-15(18-10-13)16(21)20-8-3-9-22-14(12-20)11-19-6-1-2-7-19/h4-5,10,14H,1-3,6-9,11-12H2/t14-/m0/s1. The van der Waals surface area contributed by atoms with Crippen molar-refractivity contribution in [2.75, 3.05) is 39.3 Å². The number of pyridine rings is 1. The molecule has 0 unspecified atom stereocenters. The minimum Gasteiger partial charge on any atom is -0.375 e. The van der Waals surface area contributed by atoms with E-state index >= 15 is 0 Å². The Morgan fingerprint density at radius 2 is 2.09 bits per heavy atom. The van der Waals surface area contributed by atoms with Gasteiger partial charge in [0.05, 0.1) is 11.1 Å². The van der Waals surface area contributed by atoms with E-state index < -0.39 is 0 Å². The van der Waals surface area contributed by atoms with Crippen molar-refractivity contribution >= 4 is 17.5 Å². The zero-order chi connectivity index (χ0) is 15.4. The molecule has 0 aromatic carbocycles. The van der Waals surface area contributed by atoms with Crippen LogP contribution >= 0.6 is 11.6 Å². The van der Waals surface area contributed by atoms with Gasteiger partial charge in [0.1, 0.15) is 5.69 Å². The lowest BCUT2D eigenvalue weighted by Crippen LogP contribution is -2.42. The second kappa shape index (κ2) is 7.40. The number of ether oxygens (including phenoxy) is 1. The van der Waals surface area contributed by atoms with Crippen LogP contribution in [0.3, 0.4) is 0 Å². The predicted octanol–water partition coefficient (Wildman–Crippen LogP) is 2.06. The molecular formula is C16H22ClN3O2. The highest BCUT2D eigenvalue weighted by Crippen LogP contribution is 2.15. The predicted molar refractivity (Wildman–Crippen MR) is 85.2 cm³/mol. The second-order valence-electron chi connectivity index (χ2n) is 5.97. The van der Waals surface area contributed by atoms with Crippen molar-refractivity contribution in [1.29, 1.82) is 0 Å². The Morgan fingerprint density at radius 3 is 2.82 bits per heavy atom. The van der Waals surface area contributed by atoms with E-state index in [0.29, 0.717) is 17.3 Å². The van der Waals surface area contributed by atoms with Crippen molar-refractivity contribution in [2.24, 2.45) is 0 Å². The van der Waals surface area contributed by atoms with Crippen LogP contribution in [-0.2, 0) is 4.74 Å². The maximum Gasteiger partial charge on any atom is 0.272 e. The quantitative estimate of drug-likeness (QED) is 0.854. The molecule has 3 rings (SSSR count). The topological polar surface area (TPSA) is 45.7 Å². The summed E-state index contributed by atoms with van der Waals surface area (Å²) in [4.78, 5) is 21.0. The maximum atomic E-state index is 12.6. The second-order valence-corrected chi connectivity index (χ2v) is 6.40. The molecule has 2 fully saturated rings. The molecule has 2 aliphatic rings. The Hall–Kier alpha value is -1.17. The Bertz CT molecular complexity index is 503. The van der Waals surface area contributed by atoms with Crippen molar-refractivity contribution in [1.82, 2.24) is 14.8 Å². The first-order chi connectivity index (χ1) is 10.7. The molecule has 0 aliphatic carbocycles. The highest BCUT2D eigenvalue weighted by atomic mass is 35.5. The number of aromatic nitrogens is 1. The van der Waals surface area contributed by atoms with E-state index in [-0.39, 0.29) is 12.0 Å². The van der Waals surface area contributed by atoms with Crippen LogP contribution < -0.4 is 0 Å². The monoisotopic (exact) mass is 323 g/mol. The fourth-order valence-electron chi connectivity index (χ4n) is 3.11. The van der Waals surface area contributed by atoms with Gasteiger partial charge in [-0.05, 0) is 44.5 Å². The Balaban J connectivity index is 1.63. The molecule has 2 aliphatic heterocycles. The fraction of sp³-hybridized carbons (Fsp3) is 0.625. The highest BCUT2D eigenvalue weighted by molar-refractivity contribution is 6.30. The number of likely N-dealkylation sites (tertiary alicyclic amines) is 1. The first-order valence-electron chi connectivity index (χ1n) is 7.97. The molecule has 6 heteroatoms. The normalized spacial score (nSPS) is 23.5. The van der Waals surface area contributed by atoms with Crippen LogP contribution in [0.4, 0.5) is 0 Å². The van der Waals surface area contributed by atoms with E-state index in [2.05, 4.69) is 9.88 Å². The molecule has 0 saturated carbocycles. The van der Waals surface area contributed by atoms with E-state index in [1.165, 1.54) is 19.0 Å². The van der Waals surface area contributed by atoms with E-state index in [9.17, 15) is 4.79 Å². The average Bonchev–Trinajstić information content (AvgIpc) is 2.92. The lowest BCUT2D eigenvalue weighted by atomic mass is 10.2. The molecule has 120 valence electrons. The summed E-state index contributed by atoms with van der Waals surface area (Å²) in [5.41, 5.74) is 0.450. The first-order valence-corrected chi connectivity index (χ1v) is 8.35. The van der Waals surface area contributed by atoms with Crippen LogP contribution in [0.2, 0.25) is 5.02 Å². The Labute approximate surface area is 136 Å². The summed E-state index contributed by atoms with van der Waals surface area (Å²) in [6, 6.07) is 3.39. The zero-order valence-electron chi connectivity index (χ0n) is 12.7. The Kier molecular flexibility index (Phi) is 5.28. The Morgan fingerprint density at radius 1 is 1.27 bits per heavy atom. The number of hydrogen-bond donors (Lipinski definition) is 0. The third-order valence-corrected chi connectivity index (χ3v) is 4.47. The summed E-state index contributed by atoms with van der Waals surface area (Å²) in [5.74, 6) is -0.0337. The van der Waals surface area contributed by atoms with Gasteiger partial charge in [-0.3, -0.25) is 4.79 Å². The van der Waals surface area contributed by atoms with Gasteiger partial charge in [0, 0.05) is 32.4 Å². The molecule has 1 amide bonds. The minimum absolute atomic E-state index is 0.0337. The molecule has 0 bridgehead atoms. The number of carbonyl (C=O) groups excluding carboxylic acids is 1. The van der Waals surface area contributed by atoms with Gasteiger partial charge in [-0.15, -0.1) is 0 Å². The van der Waals surface area contributed by atoms with Gasteiger partial charge in [-0.2, -0.15) is 0 Å². The largest absolute Gasteiger partial charge is 0.375 e. The maximum absolute atomic E-state index is 12.6. The molecule has 1 aromatic rings. The SMILES string of the molecule is O=C(c1ccc(Cl)cn1)N1CCCO[C@@H](CN2CCCC2)C1. The van der Waals surface area contributed by atoms with Crippen molar-refractivity contribution in [2.45, 2.75) is 25.4 Å². The molecule has 0 radical (unpaired) electrons. The molecule has 1 aromatic heterocycles. The molecule has 0 N–H and O–H groups in total. The lowest BCUT2D eigenvalue weighted by molar-refractivity contribution is 0.0296. The molecule has 22 heavy (non-hydrogen) atoms. The molecule has 0 spiro atoms. The van der Waals surface area contributed by atoms with Crippen molar-refractivity contribution in [3.8, 4) is 0 Å². The van der Waals surface area contributed by atoms with Gasteiger partial charge in [-0.25, -0.2) is 4.98 Å². The smallest absolute Gasteiger partial charge is 0.272 e. The van der Waals surface area contributed by atoms with E-state index in [1.54, 1.807) is 12.1 Å². The van der Waals surface area contributed by atoms with Gasteiger partial charge in [-0.1, -0.05) is 11.6 Å². The number of hydrogen-bond acceptors (Lipinski definition) is 4. The van der Waals surface area contributed by atoms with Crippen LogP contribution in [-0.4, -0.2) is 66.1 Å². The third kappa shape index (κ3) is 3.97. The summed E-state index contributed by atoms with van der Waals surface area (Å²) < 4.78 is 5.92. The van der Waals surface area contributed by atoms with Gasteiger partial charge in [0.15, 0.2) is 0 Å². The number of halogens is 1. The third-order valence-electron chi connectivity index (χ3n) is 4.24. The average molecular weight is 324 g/mol. The zero-order valence-corrected chi connectivity index (χ0v) is 13.5. The van der Waals surface area contributed by atoms with E-state index in [1.807, 2.05) is 4.90 Å². The first kappa shape index (κ1) is 15.7. The van der Waals surface area contributed by atoms with Gasteiger partial charge in [0.2, 0.25) is 0 Å². The van der Waals surface area contributed by atoms with Gasteiger partial charge in [0.25, 0.3) is 5.91 Å². The van der Waals surface area contributed by atoms with Gasteiger partial charge >= 0.3 is 0 Å². The van der Waals surface area contributed by atoms with Crippen molar-refractivity contribution in [3.05, 3.63) is 29.0 Å². The number of amides is 1. The van der Waals surface area contributed by atoms with Crippen molar-refractivity contribution in [3.63, 3.8) is 0 Å². The van der Waals surface area contributed by atoms with E-state index in [4.69, 9.17) is 16.3 Å². The molecule has 1 atom stereocenters. The highest BCUT2D eigenvalue weighted by Gasteiger charge is 2.26. The van der Waals surface area contributed by atoms with Crippen LogP contribution in [0.15, 0.2) is 18.3 Å². The number of nitrogens with zero attached hydrogens (tertiary/aromatic N) is 3.